The Morgan fingerprint density at radius 2 is 1.95 bits per heavy atom. The van der Waals surface area contributed by atoms with Gasteiger partial charge in [0.1, 0.15) is 5.60 Å². The Balaban J connectivity index is 2.69. The van der Waals surface area contributed by atoms with Crippen LogP contribution in [0.2, 0.25) is 0 Å². The van der Waals surface area contributed by atoms with Gasteiger partial charge in [-0.05, 0) is 40.0 Å². The molecule has 1 aliphatic rings. The van der Waals surface area contributed by atoms with E-state index >= 15 is 0 Å². The van der Waals surface area contributed by atoms with E-state index in [0.29, 0.717) is 0 Å². The van der Waals surface area contributed by atoms with E-state index in [2.05, 4.69) is 6.08 Å². The molecule has 0 heterocycles. The third-order valence-corrected chi connectivity index (χ3v) is 3.65. The molecule has 0 saturated heterocycles. The Kier molecular flexibility index (Phi) is 5.15. The molecule has 0 aromatic rings. The van der Waals surface area contributed by atoms with Gasteiger partial charge in [-0.2, -0.15) is 0 Å². The Bertz CT molecular complexity index is 382. The van der Waals surface area contributed by atoms with Crippen molar-refractivity contribution in [3.8, 4) is 0 Å². The van der Waals surface area contributed by atoms with E-state index < -0.39 is 5.60 Å². The van der Waals surface area contributed by atoms with Gasteiger partial charge < -0.3 is 9.47 Å². The zero-order valence-corrected chi connectivity index (χ0v) is 12.5. The minimum absolute atomic E-state index is 0.0782. The van der Waals surface area contributed by atoms with Gasteiger partial charge in [-0.15, -0.1) is 0 Å². The average Bonchev–Trinajstić information content (AvgIpc) is 3.06. The van der Waals surface area contributed by atoms with Gasteiger partial charge in [0.05, 0.1) is 13.0 Å². The molecule has 4 heteroatoms. The van der Waals surface area contributed by atoms with Gasteiger partial charge in [0.25, 0.3) is 0 Å². The maximum Gasteiger partial charge on any atom is 0.309 e. The quantitative estimate of drug-likeness (QED) is 0.549. The summed E-state index contributed by atoms with van der Waals surface area (Å²) in [5.74, 6) is -0.545. The fourth-order valence-electron chi connectivity index (χ4n) is 2.57. The minimum Gasteiger partial charge on any atom is -0.469 e. The van der Waals surface area contributed by atoms with Gasteiger partial charge in [-0.1, -0.05) is 11.6 Å². The molecular weight excluding hydrogens is 244 g/mol. The van der Waals surface area contributed by atoms with Crippen LogP contribution in [0.15, 0.2) is 11.6 Å². The predicted octanol–water partition coefficient (Wildman–Crippen LogP) is 2.86. The van der Waals surface area contributed by atoms with E-state index in [9.17, 15) is 9.59 Å². The van der Waals surface area contributed by atoms with Crippen LogP contribution in [0.1, 0.15) is 47.0 Å². The van der Waals surface area contributed by atoms with E-state index in [-0.39, 0.29) is 23.8 Å². The molecular formula is C15H24O4. The number of carbonyl (C=O) groups excluding carboxylic acids is 2. The normalized spacial score (nSPS) is 24.1. The van der Waals surface area contributed by atoms with Crippen LogP contribution in [0.5, 0.6) is 0 Å². The first-order valence-corrected chi connectivity index (χ1v) is 6.71. The second-order valence-corrected chi connectivity index (χ2v) is 5.70. The molecule has 19 heavy (non-hydrogen) atoms. The van der Waals surface area contributed by atoms with Crippen molar-refractivity contribution in [1.82, 2.24) is 0 Å². The lowest BCUT2D eigenvalue weighted by Gasteiger charge is -2.29. The first-order valence-electron chi connectivity index (χ1n) is 6.71. The second kappa shape index (κ2) is 6.22. The number of carbonyl (C=O) groups is 2. The largest absolute Gasteiger partial charge is 0.469 e. The molecule has 0 aromatic heterocycles. The number of methoxy groups -OCH3 is 1. The molecule has 0 aliphatic heterocycles. The summed E-state index contributed by atoms with van der Waals surface area (Å²) in [4.78, 5) is 22.8. The number of ether oxygens (including phenoxy) is 2. The molecule has 0 aromatic carbocycles. The number of esters is 2. The first-order chi connectivity index (χ1) is 8.80. The van der Waals surface area contributed by atoms with Crippen LogP contribution < -0.4 is 0 Å². The van der Waals surface area contributed by atoms with E-state index in [1.165, 1.54) is 19.6 Å². The van der Waals surface area contributed by atoms with Crippen LogP contribution in [0.4, 0.5) is 0 Å². The summed E-state index contributed by atoms with van der Waals surface area (Å²) in [6, 6.07) is 0. The molecule has 3 atom stereocenters. The summed E-state index contributed by atoms with van der Waals surface area (Å²) in [5, 5.41) is 0. The first kappa shape index (κ1) is 15.7. The van der Waals surface area contributed by atoms with E-state index in [1.807, 2.05) is 20.8 Å². The van der Waals surface area contributed by atoms with Gasteiger partial charge in [0, 0.05) is 12.8 Å². The lowest BCUT2D eigenvalue weighted by atomic mass is 9.92. The lowest BCUT2D eigenvalue weighted by Crippen LogP contribution is -2.35. The van der Waals surface area contributed by atoms with Gasteiger partial charge in [-0.25, -0.2) is 0 Å². The van der Waals surface area contributed by atoms with Crippen LogP contribution in [0.3, 0.4) is 0 Å². The van der Waals surface area contributed by atoms with E-state index in [1.54, 1.807) is 0 Å². The molecule has 1 saturated carbocycles. The number of hydrogen-bond acceptors (Lipinski definition) is 4. The summed E-state index contributed by atoms with van der Waals surface area (Å²) in [6.45, 7) is 7.41. The van der Waals surface area contributed by atoms with Crippen LogP contribution >= 0.6 is 0 Å². The number of allylic oxidation sites excluding steroid dienone is 2. The Morgan fingerprint density at radius 1 is 1.32 bits per heavy atom. The Morgan fingerprint density at radius 3 is 2.42 bits per heavy atom. The maximum atomic E-state index is 11.5. The summed E-state index contributed by atoms with van der Waals surface area (Å²) < 4.78 is 10.2. The highest BCUT2D eigenvalue weighted by Crippen LogP contribution is 2.50. The molecule has 1 aliphatic carbocycles. The lowest BCUT2D eigenvalue weighted by molar-refractivity contribution is -0.160. The van der Waals surface area contributed by atoms with Crippen molar-refractivity contribution < 1.29 is 19.1 Å². The summed E-state index contributed by atoms with van der Waals surface area (Å²) in [5.41, 5.74) is 0.668. The Labute approximate surface area is 115 Å². The standard InChI is InChI=1S/C15H24O4/c1-10(2)7-6-8-15(4,19-11(3)16)13-9-12(13)14(17)18-5/h7,12-13H,6,8-9H2,1-5H3. The van der Waals surface area contributed by atoms with Crippen LogP contribution in [-0.4, -0.2) is 24.6 Å². The fraction of sp³-hybridized carbons (Fsp3) is 0.733. The second-order valence-electron chi connectivity index (χ2n) is 5.70. The van der Waals surface area contributed by atoms with Crippen LogP contribution in [0, 0.1) is 11.8 Å². The van der Waals surface area contributed by atoms with Gasteiger partial charge >= 0.3 is 11.9 Å². The summed E-state index contributed by atoms with van der Waals surface area (Å²) in [7, 11) is 1.39. The van der Waals surface area contributed by atoms with Crippen molar-refractivity contribution in [2.24, 2.45) is 11.8 Å². The SMILES string of the molecule is COC(=O)C1CC1C(C)(CCC=C(C)C)OC(C)=O. The highest BCUT2D eigenvalue weighted by molar-refractivity contribution is 5.76. The van der Waals surface area contributed by atoms with Crippen LogP contribution in [-0.2, 0) is 19.1 Å². The molecule has 1 rings (SSSR count). The Hall–Kier alpha value is -1.32. The smallest absolute Gasteiger partial charge is 0.309 e. The third kappa shape index (κ3) is 4.37. The summed E-state index contributed by atoms with van der Waals surface area (Å²) >= 11 is 0. The predicted molar refractivity (Wildman–Crippen MR) is 72.4 cm³/mol. The fourth-order valence-corrected chi connectivity index (χ4v) is 2.57. The molecule has 0 spiro atoms. The molecule has 1 fully saturated rings. The van der Waals surface area contributed by atoms with Crippen molar-refractivity contribution in [2.75, 3.05) is 7.11 Å². The van der Waals surface area contributed by atoms with Gasteiger partial charge in [0.2, 0.25) is 0 Å². The molecule has 108 valence electrons. The highest BCUT2D eigenvalue weighted by Gasteiger charge is 2.56. The van der Waals surface area contributed by atoms with Gasteiger partial charge in [0.15, 0.2) is 0 Å². The number of hydrogen-bond donors (Lipinski definition) is 0. The summed E-state index contributed by atoms with van der Waals surface area (Å²) in [6.07, 6.45) is 4.44. The van der Waals surface area contributed by atoms with Crippen molar-refractivity contribution in [2.45, 2.75) is 52.6 Å². The minimum atomic E-state index is -0.573. The van der Waals surface area contributed by atoms with Crippen molar-refractivity contribution >= 4 is 11.9 Å². The average molecular weight is 268 g/mol. The monoisotopic (exact) mass is 268 g/mol. The van der Waals surface area contributed by atoms with E-state index in [0.717, 1.165) is 19.3 Å². The van der Waals surface area contributed by atoms with Crippen molar-refractivity contribution in [3.05, 3.63) is 11.6 Å². The number of rotatable bonds is 6. The molecule has 0 radical (unpaired) electrons. The van der Waals surface area contributed by atoms with Crippen LogP contribution in [0.25, 0.3) is 0 Å². The van der Waals surface area contributed by atoms with Gasteiger partial charge in [-0.3, -0.25) is 9.59 Å². The molecule has 0 bridgehead atoms. The van der Waals surface area contributed by atoms with Crippen molar-refractivity contribution in [1.29, 1.82) is 0 Å². The highest BCUT2D eigenvalue weighted by atomic mass is 16.6. The maximum absolute atomic E-state index is 11.5. The topological polar surface area (TPSA) is 52.6 Å². The zero-order chi connectivity index (χ0) is 14.6. The zero-order valence-electron chi connectivity index (χ0n) is 12.5. The molecule has 0 amide bonds. The molecule has 3 unspecified atom stereocenters. The molecule has 4 nitrogen and oxygen atoms in total. The van der Waals surface area contributed by atoms with Crippen molar-refractivity contribution in [3.63, 3.8) is 0 Å². The molecule has 0 N–H and O–H groups in total. The third-order valence-electron chi connectivity index (χ3n) is 3.65. The van der Waals surface area contributed by atoms with E-state index in [4.69, 9.17) is 9.47 Å².